The van der Waals surface area contributed by atoms with Crippen LogP contribution in [0.2, 0.25) is 0 Å². The molecule has 20 heavy (non-hydrogen) atoms. The molecule has 6 heteroatoms. The van der Waals surface area contributed by atoms with E-state index in [4.69, 9.17) is 5.84 Å². The Balaban J connectivity index is 2.26. The van der Waals surface area contributed by atoms with Gasteiger partial charge >= 0.3 is 0 Å². The van der Waals surface area contributed by atoms with Crippen LogP contribution in [-0.2, 0) is 0 Å². The number of hydrogen-bond donors (Lipinski definition) is 3. The Bertz CT molecular complexity index is 842. The number of para-hydroxylation sites is 1. The van der Waals surface area contributed by atoms with Crippen LogP contribution in [-0.4, -0.2) is 9.97 Å². The number of H-pyrrole nitrogens is 1. The fourth-order valence-corrected chi connectivity index (χ4v) is 2.02. The summed E-state index contributed by atoms with van der Waals surface area (Å²) in [5, 5.41) is 12.2. The van der Waals surface area contributed by atoms with Crippen molar-refractivity contribution >= 4 is 16.6 Å². The molecular weight excluding hydrogens is 256 g/mol. The maximum atomic E-state index is 12.1. The molecule has 0 atom stereocenters. The second-order valence-electron chi connectivity index (χ2n) is 4.29. The molecule has 1 heterocycles. The van der Waals surface area contributed by atoms with Gasteiger partial charge in [-0.05, 0) is 18.2 Å². The smallest absolute Gasteiger partial charge is 0.259 e. The molecular formula is C14H11N4O2-. The van der Waals surface area contributed by atoms with E-state index in [1.165, 1.54) is 6.07 Å². The van der Waals surface area contributed by atoms with Crippen molar-refractivity contribution in [3.8, 4) is 17.1 Å². The van der Waals surface area contributed by atoms with Crippen LogP contribution in [0.4, 0.5) is 5.69 Å². The van der Waals surface area contributed by atoms with Crippen molar-refractivity contribution in [2.75, 3.05) is 5.43 Å². The first-order valence-electron chi connectivity index (χ1n) is 5.96. The van der Waals surface area contributed by atoms with Gasteiger partial charge in [-0.15, -0.1) is 0 Å². The SMILES string of the molecule is NNc1ccc2nc(-c3ccccc3[O-])[nH]c(=O)c2c1. The average molecular weight is 267 g/mol. The molecule has 1 aromatic heterocycles. The molecule has 0 saturated heterocycles. The van der Waals surface area contributed by atoms with E-state index in [9.17, 15) is 9.90 Å². The zero-order valence-corrected chi connectivity index (χ0v) is 10.4. The van der Waals surface area contributed by atoms with E-state index in [0.29, 0.717) is 22.2 Å². The minimum absolute atomic E-state index is 0.185. The van der Waals surface area contributed by atoms with Gasteiger partial charge in [-0.3, -0.25) is 10.6 Å². The first kappa shape index (κ1) is 12.2. The lowest BCUT2D eigenvalue weighted by molar-refractivity contribution is -0.267. The Labute approximate surface area is 113 Å². The van der Waals surface area contributed by atoms with Crippen LogP contribution in [0.25, 0.3) is 22.3 Å². The minimum Gasteiger partial charge on any atom is -0.872 e. The normalized spacial score (nSPS) is 10.7. The van der Waals surface area contributed by atoms with Crippen LogP contribution < -0.4 is 21.9 Å². The highest BCUT2D eigenvalue weighted by Crippen LogP contribution is 2.24. The number of nitrogens with one attached hydrogen (secondary N) is 2. The molecule has 4 N–H and O–H groups in total. The van der Waals surface area contributed by atoms with Gasteiger partial charge in [-0.1, -0.05) is 30.0 Å². The van der Waals surface area contributed by atoms with E-state index >= 15 is 0 Å². The van der Waals surface area contributed by atoms with Crippen molar-refractivity contribution in [2.45, 2.75) is 0 Å². The summed E-state index contributed by atoms with van der Waals surface area (Å²) in [7, 11) is 0. The molecule has 2 aromatic carbocycles. The third-order valence-corrected chi connectivity index (χ3v) is 3.01. The maximum Gasteiger partial charge on any atom is 0.259 e. The maximum absolute atomic E-state index is 12.1. The molecule has 0 unspecified atom stereocenters. The van der Waals surface area contributed by atoms with E-state index in [2.05, 4.69) is 15.4 Å². The third kappa shape index (κ3) is 1.98. The topological polar surface area (TPSA) is 107 Å². The quantitative estimate of drug-likeness (QED) is 0.473. The second kappa shape index (κ2) is 4.67. The van der Waals surface area contributed by atoms with Gasteiger partial charge in [0.2, 0.25) is 0 Å². The van der Waals surface area contributed by atoms with E-state index in [1.807, 2.05) is 0 Å². The second-order valence-corrected chi connectivity index (χ2v) is 4.29. The summed E-state index contributed by atoms with van der Waals surface area (Å²) in [5.41, 5.74) is 3.64. The van der Waals surface area contributed by atoms with Gasteiger partial charge < -0.3 is 15.5 Å². The van der Waals surface area contributed by atoms with Crippen molar-refractivity contribution in [3.05, 3.63) is 52.8 Å². The lowest BCUT2D eigenvalue weighted by Gasteiger charge is -2.12. The first-order valence-corrected chi connectivity index (χ1v) is 5.96. The predicted molar refractivity (Wildman–Crippen MR) is 75.1 cm³/mol. The summed E-state index contributed by atoms with van der Waals surface area (Å²) >= 11 is 0. The zero-order chi connectivity index (χ0) is 14.1. The molecule has 6 nitrogen and oxygen atoms in total. The van der Waals surface area contributed by atoms with Gasteiger partial charge in [0, 0.05) is 11.3 Å². The standard InChI is InChI=1S/C14H12N4O2/c15-18-8-5-6-11-10(7-8)14(20)17-13(16-11)9-3-1-2-4-12(9)19/h1-7,18-19H,15H2,(H,16,17,20)/p-1. The van der Waals surface area contributed by atoms with Crippen LogP contribution in [0.1, 0.15) is 0 Å². The Morgan fingerprint density at radius 2 is 2.00 bits per heavy atom. The monoisotopic (exact) mass is 267 g/mol. The zero-order valence-electron chi connectivity index (χ0n) is 10.4. The largest absolute Gasteiger partial charge is 0.872 e. The number of hydrogen-bond acceptors (Lipinski definition) is 5. The number of aromatic nitrogens is 2. The molecule has 0 saturated carbocycles. The van der Waals surface area contributed by atoms with Gasteiger partial charge in [0.1, 0.15) is 5.82 Å². The Kier molecular flexibility index (Phi) is 2.85. The Morgan fingerprint density at radius 1 is 1.20 bits per heavy atom. The summed E-state index contributed by atoms with van der Waals surface area (Å²) in [4.78, 5) is 19.0. The van der Waals surface area contributed by atoms with Crippen molar-refractivity contribution < 1.29 is 5.11 Å². The van der Waals surface area contributed by atoms with Gasteiger partial charge in [0.25, 0.3) is 5.56 Å². The molecule has 0 aliphatic rings. The van der Waals surface area contributed by atoms with Crippen molar-refractivity contribution in [1.29, 1.82) is 0 Å². The number of benzene rings is 2. The van der Waals surface area contributed by atoms with Crippen LogP contribution >= 0.6 is 0 Å². The number of nitrogen functional groups attached to an aromatic ring is 1. The van der Waals surface area contributed by atoms with Gasteiger partial charge in [0.15, 0.2) is 0 Å². The molecule has 0 spiro atoms. The van der Waals surface area contributed by atoms with Crippen LogP contribution in [0.3, 0.4) is 0 Å². The summed E-state index contributed by atoms with van der Waals surface area (Å²) in [6, 6.07) is 11.4. The first-order chi connectivity index (χ1) is 9.69. The number of nitrogens with two attached hydrogens (primary N) is 1. The van der Waals surface area contributed by atoms with Crippen molar-refractivity contribution in [1.82, 2.24) is 9.97 Å². The van der Waals surface area contributed by atoms with E-state index < -0.39 is 0 Å². The van der Waals surface area contributed by atoms with E-state index in [-0.39, 0.29) is 17.1 Å². The Hall–Kier alpha value is -2.86. The summed E-state index contributed by atoms with van der Waals surface area (Å²) in [5.74, 6) is 5.39. The fourth-order valence-electron chi connectivity index (χ4n) is 2.02. The van der Waals surface area contributed by atoms with Gasteiger partial charge in [0.05, 0.1) is 10.9 Å². The number of hydrazine groups is 1. The Morgan fingerprint density at radius 3 is 2.75 bits per heavy atom. The van der Waals surface area contributed by atoms with E-state index in [1.54, 1.807) is 36.4 Å². The summed E-state index contributed by atoms with van der Waals surface area (Å²) < 4.78 is 0. The lowest BCUT2D eigenvalue weighted by atomic mass is 10.1. The molecule has 0 bridgehead atoms. The highest BCUT2D eigenvalue weighted by atomic mass is 16.3. The van der Waals surface area contributed by atoms with Crippen LogP contribution in [0.5, 0.6) is 5.75 Å². The molecule has 3 rings (SSSR count). The van der Waals surface area contributed by atoms with Crippen LogP contribution in [0.15, 0.2) is 47.3 Å². The van der Waals surface area contributed by atoms with Gasteiger partial charge in [-0.2, -0.15) is 0 Å². The number of nitrogens with zero attached hydrogens (tertiary/aromatic N) is 1. The average Bonchev–Trinajstić information content (AvgIpc) is 2.47. The minimum atomic E-state index is -0.314. The highest BCUT2D eigenvalue weighted by molar-refractivity contribution is 5.83. The molecule has 3 aromatic rings. The number of fused-ring (bicyclic) bond motifs is 1. The van der Waals surface area contributed by atoms with E-state index in [0.717, 1.165) is 0 Å². The molecule has 0 radical (unpaired) electrons. The number of anilines is 1. The lowest BCUT2D eigenvalue weighted by Crippen LogP contribution is -2.12. The molecule has 0 aliphatic heterocycles. The molecule has 0 aliphatic carbocycles. The molecule has 100 valence electrons. The number of aromatic amines is 1. The van der Waals surface area contributed by atoms with Gasteiger partial charge in [-0.25, -0.2) is 4.98 Å². The predicted octanol–water partition coefficient (Wildman–Crippen LogP) is 0.949. The third-order valence-electron chi connectivity index (χ3n) is 3.01. The van der Waals surface area contributed by atoms with Crippen LogP contribution in [0, 0.1) is 0 Å². The summed E-state index contributed by atoms with van der Waals surface area (Å²) in [6.45, 7) is 0. The molecule has 0 fully saturated rings. The highest BCUT2D eigenvalue weighted by Gasteiger charge is 2.07. The summed E-state index contributed by atoms with van der Waals surface area (Å²) in [6.07, 6.45) is 0. The number of rotatable bonds is 2. The van der Waals surface area contributed by atoms with Crippen molar-refractivity contribution in [3.63, 3.8) is 0 Å². The molecule has 0 amide bonds. The fraction of sp³-hybridized carbons (Fsp3) is 0. The van der Waals surface area contributed by atoms with Crippen molar-refractivity contribution in [2.24, 2.45) is 5.84 Å².